The summed E-state index contributed by atoms with van der Waals surface area (Å²) in [5.74, 6) is -0.404. The van der Waals surface area contributed by atoms with Gasteiger partial charge in [0.2, 0.25) is 0 Å². The molecule has 19 heavy (non-hydrogen) atoms. The molecule has 0 aliphatic rings. The van der Waals surface area contributed by atoms with Crippen molar-refractivity contribution in [1.82, 2.24) is 10.3 Å². The quantitative estimate of drug-likeness (QED) is 0.944. The highest BCUT2D eigenvalue weighted by molar-refractivity contribution is 7.07. The van der Waals surface area contributed by atoms with Gasteiger partial charge in [0.1, 0.15) is 11.7 Å². The van der Waals surface area contributed by atoms with Gasteiger partial charge >= 0.3 is 0 Å². The van der Waals surface area contributed by atoms with Crippen molar-refractivity contribution in [3.05, 3.63) is 50.4 Å². The van der Waals surface area contributed by atoms with Crippen molar-refractivity contribution in [2.45, 2.75) is 6.04 Å². The van der Waals surface area contributed by atoms with Crippen LogP contribution in [0.1, 0.15) is 22.1 Å². The predicted octanol–water partition coefficient (Wildman–Crippen LogP) is 3.44. The van der Waals surface area contributed by atoms with Crippen molar-refractivity contribution in [2.75, 3.05) is 0 Å². The molecule has 0 unspecified atom stereocenters. The zero-order valence-electron chi connectivity index (χ0n) is 9.43. The summed E-state index contributed by atoms with van der Waals surface area (Å²) in [6.07, 6.45) is 0. The number of nitrogens with zero attached hydrogens (tertiary/aromatic N) is 2. The smallest absolute Gasteiger partial charge is 0.272 e. The zero-order valence-corrected chi connectivity index (χ0v) is 11.8. The minimum Gasteiger partial charge on any atom is -0.331 e. The van der Waals surface area contributed by atoms with E-state index in [0.717, 1.165) is 0 Å². The lowest BCUT2D eigenvalue weighted by Gasteiger charge is -2.11. The molecule has 0 saturated heterocycles. The van der Waals surface area contributed by atoms with Gasteiger partial charge in [-0.3, -0.25) is 4.79 Å². The number of aromatic nitrogens is 1. The van der Waals surface area contributed by atoms with Gasteiger partial charge in [0, 0.05) is 5.38 Å². The van der Waals surface area contributed by atoms with Crippen molar-refractivity contribution in [3.8, 4) is 6.07 Å². The second-order valence-corrected chi connectivity index (χ2v) is 5.12. The van der Waals surface area contributed by atoms with Crippen molar-refractivity contribution >= 4 is 40.4 Å². The van der Waals surface area contributed by atoms with Gasteiger partial charge in [-0.1, -0.05) is 29.3 Å². The maximum Gasteiger partial charge on any atom is 0.272 e. The third kappa shape index (κ3) is 3.24. The molecule has 0 aliphatic heterocycles. The number of nitriles is 1. The summed E-state index contributed by atoms with van der Waals surface area (Å²) in [4.78, 5) is 15.7. The minimum absolute atomic E-state index is 0.283. The van der Waals surface area contributed by atoms with Crippen molar-refractivity contribution < 1.29 is 4.79 Å². The number of amides is 1. The Hall–Kier alpha value is -1.61. The van der Waals surface area contributed by atoms with Gasteiger partial charge in [-0.25, -0.2) is 4.98 Å². The number of carbonyl (C=O) groups is 1. The third-order valence-electron chi connectivity index (χ3n) is 2.35. The van der Waals surface area contributed by atoms with E-state index in [0.29, 0.717) is 15.6 Å². The Balaban J connectivity index is 2.19. The average Bonchev–Trinajstić information content (AvgIpc) is 2.93. The van der Waals surface area contributed by atoms with Gasteiger partial charge in [-0.15, -0.1) is 11.3 Å². The van der Waals surface area contributed by atoms with E-state index in [4.69, 9.17) is 28.5 Å². The largest absolute Gasteiger partial charge is 0.331 e. The summed E-state index contributed by atoms with van der Waals surface area (Å²) in [6, 6.07) is 5.98. The fourth-order valence-corrected chi connectivity index (χ4v) is 2.25. The van der Waals surface area contributed by atoms with Crippen LogP contribution in [-0.2, 0) is 0 Å². The highest BCUT2D eigenvalue weighted by atomic mass is 35.5. The summed E-state index contributed by atoms with van der Waals surface area (Å²) in [5.41, 5.74) is 2.40. The molecule has 96 valence electrons. The number of hydrogen-bond acceptors (Lipinski definition) is 4. The van der Waals surface area contributed by atoms with Gasteiger partial charge in [0.25, 0.3) is 5.91 Å². The van der Waals surface area contributed by atoms with Gasteiger partial charge in [0.15, 0.2) is 0 Å². The second-order valence-electron chi connectivity index (χ2n) is 3.58. The van der Waals surface area contributed by atoms with Crippen molar-refractivity contribution in [2.24, 2.45) is 0 Å². The molecule has 2 rings (SSSR count). The Morgan fingerprint density at radius 3 is 2.79 bits per heavy atom. The SMILES string of the molecule is N#C[C@H](NC(=O)c1cscn1)c1ccc(Cl)c(Cl)c1. The molecule has 1 N–H and O–H groups in total. The predicted molar refractivity (Wildman–Crippen MR) is 74.4 cm³/mol. The van der Waals surface area contributed by atoms with Gasteiger partial charge in [0.05, 0.1) is 21.6 Å². The monoisotopic (exact) mass is 311 g/mol. The molecule has 4 nitrogen and oxygen atoms in total. The molecular formula is C12H7Cl2N3OS. The Morgan fingerprint density at radius 2 is 2.21 bits per heavy atom. The van der Waals surface area contributed by atoms with E-state index >= 15 is 0 Å². The Bertz CT molecular complexity index is 637. The Morgan fingerprint density at radius 1 is 1.42 bits per heavy atom. The Labute approximate surface area is 123 Å². The number of halogens is 2. The molecule has 0 fully saturated rings. The lowest BCUT2D eigenvalue weighted by atomic mass is 10.1. The minimum atomic E-state index is -0.802. The third-order valence-corrected chi connectivity index (χ3v) is 3.67. The molecule has 1 amide bonds. The van der Waals surface area contributed by atoms with Crippen LogP contribution in [-0.4, -0.2) is 10.9 Å². The van der Waals surface area contributed by atoms with Crippen LogP contribution in [0.5, 0.6) is 0 Å². The van der Waals surface area contributed by atoms with Gasteiger partial charge in [-0.2, -0.15) is 5.26 Å². The molecule has 0 radical (unpaired) electrons. The lowest BCUT2D eigenvalue weighted by Crippen LogP contribution is -2.27. The standard InChI is InChI=1S/C12H7Cl2N3OS/c13-8-2-1-7(3-9(8)14)10(4-15)17-12(18)11-5-19-6-16-11/h1-3,5-6,10H,(H,17,18)/t10-/m0/s1. The molecule has 1 aromatic heterocycles. The van der Waals surface area contributed by atoms with E-state index in [-0.39, 0.29) is 5.69 Å². The normalized spacial score (nSPS) is 11.6. The number of carbonyl (C=O) groups excluding carboxylic acids is 1. The van der Waals surface area contributed by atoms with E-state index in [2.05, 4.69) is 10.3 Å². The average molecular weight is 312 g/mol. The van der Waals surface area contributed by atoms with Crippen LogP contribution in [0.25, 0.3) is 0 Å². The Kier molecular flexibility index (Phi) is 4.38. The number of rotatable bonds is 3. The molecule has 0 aliphatic carbocycles. The number of hydrogen-bond donors (Lipinski definition) is 1. The van der Waals surface area contributed by atoms with Crippen LogP contribution in [0.2, 0.25) is 10.0 Å². The first-order chi connectivity index (χ1) is 9.11. The van der Waals surface area contributed by atoms with E-state index in [1.54, 1.807) is 29.1 Å². The van der Waals surface area contributed by atoms with Crippen molar-refractivity contribution in [3.63, 3.8) is 0 Å². The highest BCUT2D eigenvalue weighted by Gasteiger charge is 2.17. The molecule has 0 bridgehead atoms. The van der Waals surface area contributed by atoms with E-state index in [1.807, 2.05) is 6.07 Å². The number of thiazole rings is 1. The molecule has 1 aromatic carbocycles. The first-order valence-electron chi connectivity index (χ1n) is 5.15. The van der Waals surface area contributed by atoms with Crippen molar-refractivity contribution in [1.29, 1.82) is 5.26 Å². The van der Waals surface area contributed by atoms with E-state index in [9.17, 15) is 4.79 Å². The second kappa shape index (κ2) is 6.02. The maximum atomic E-state index is 11.8. The fraction of sp³-hybridized carbons (Fsp3) is 0.0833. The molecule has 2 aromatic rings. The molecule has 0 saturated carbocycles. The van der Waals surface area contributed by atoms with Gasteiger partial charge in [-0.05, 0) is 17.7 Å². The van der Waals surface area contributed by atoms with Crippen LogP contribution in [0, 0.1) is 11.3 Å². The lowest BCUT2D eigenvalue weighted by molar-refractivity contribution is 0.0941. The maximum absolute atomic E-state index is 11.8. The molecule has 1 atom stereocenters. The molecule has 1 heterocycles. The number of benzene rings is 1. The summed E-state index contributed by atoms with van der Waals surface area (Å²) < 4.78 is 0. The zero-order chi connectivity index (χ0) is 13.8. The van der Waals surface area contributed by atoms with Crippen LogP contribution in [0.4, 0.5) is 0 Å². The summed E-state index contributed by atoms with van der Waals surface area (Å²) >= 11 is 13.0. The topological polar surface area (TPSA) is 65.8 Å². The number of nitrogens with one attached hydrogen (secondary N) is 1. The summed E-state index contributed by atoms with van der Waals surface area (Å²) in [6.45, 7) is 0. The fourth-order valence-electron chi connectivity index (χ4n) is 1.41. The van der Waals surface area contributed by atoms with Crippen LogP contribution in [0.3, 0.4) is 0 Å². The van der Waals surface area contributed by atoms with Crippen LogP contribution in [0.15, 0.2) is 29.1 Å². The first-order valence-corrected chi connectivity index (χ1v) is 6.85. The molecule has 0 spiro atoms. The summed E-state index contributed by atoms with van der Waals surface area (Å²) in [5, 5.41) is 14.0. The van der Waals surface area contributed by atoms with Gasteiger partial charge < -0.3 is 5.32 Å². The van der Waals surface area contributed by atoms with Crippen LogP contribution >= 0.6 is 34.5 Å². The molecular weight excluding hydrogens is 305 g/mol. The van der Waals surface area contributed by atoms with E-state index < -0.39 is 11.9 Å². The molecule has 7 heteroatoms. The summed E-state index contributed by atoms with van der Waals surface area (Å²) in [7, 11) is 0. The van der Waals surface area contributed by atoms with E-state index in [1.165, 1.54) is 11.3 Å². The van der Waals surface area contributed by atoms with Crippen LogP contribution < -0.4 is 5.32 Å². The highest BCUT2D eigenvalue weighted by Crippen LogP contribution is 2.25. The first kappa shape index (κ1) is 13.8.